The van der Waals surface area contributed by atoms with Crippen LogP contribution in [0, 0.1) is 15.4 Å². The van der Waals surface area contributed by atoms with Crippen LogP contribution in [-0.2, 0) is 26.5 Å². The largest absolute Gasteiger partial charge is 0.496 e. The normalized spacial score (nSPS) is 27.0. The third-order valence-corrected chi connectivity index (χ3v) is 8.77. The minimum absolute atomic E-state index is 0.0777. The lowest BCUT2D eigenvalue weighted by Gasteiger charge is -2.50. The second kappa shape index (κ2) is 10.7. The summed E-state index contributed by atoms with van der Waals surface area (Å²) in [5, 5.41) is 11.9. The van der Waals surface area contributed by atoms with Gasteiger partial charge < -0.3 is 19.3 Å². The number of ether oxygens (including phenoxy) is 3. The maximum atomic E-state index is 13.0. The van der Waals surface area contributed by atoms with Gasteiger partial charge in [0.25, 0.3) is 0 Å². The lowest BCUT2D eigenvalue weighted by molar-refractivity contribution is -0.137. The highest BCUT2D eigenvalue weighted by Crippen LogP contribution is 2.51. The second-order valence-electron chi connectivity index (χ2n) is 9.99. The molecule has 0 amide bonds. The van der Waals surface area contributed by atoms with Gasteiger partial charge in [-0.2, -0.15) is 0 Å². The molecule has 8 heteroatoms. The van der Waals surface area contributed by atoms with Crippen LogP contribution in [-0.4, -0.2) is 55.0 Å². The molecule has 0 unspecified atom stereocenters. The average molecular weight is 616 g/mol. The van der Waals surface area contributed by atoms with E-state index >= 15 is 0 Å². The number of methoxy groups -OCH3 is 2. The van der Waals surface area contributed by atoms with E-state index in [1.54, 1.807) is 13.4 Å². The number of hydrogen-bond acceptors (Lipinski definition) is 7. The van der Waals surface area contributed by atoms with Gasteiger partial charge in [-0.25, -0.2) is 4.79 Å². The minimum Gasteiger partial charge on any atom is -0.496 e. The lowest BCUT2D eigenvalue weighted by atomic mass is 9.70. The summed E-state index contributed by atoms with van der Waals surface area (Å²) >= 11 is 2.27. The van der Waals surface area contributed by atoms with Crippen molar-refractivity contribution in [1.82, 2.24) is 4.90 Å². The van der Waals surface area contributed by atoms with Crippen LogP contribution < -0.4 is 4.74 Å². The van der Waals surface area contributed by atoms with Crippen molar-refractivity contribution in [2.45, 2.75) is 44.4 Å². The van der Waals surface area contributed by atoms with Crippen molar-refractivity contribution in [2.24, 2.45) is 16.8 Å². The van der Waals surface area contributed by atoms with Gasteiger partial charge in [0.2, 0.25) is 0 Å². The molecule has 0 saturated carbocycles. The molecule has 2 saturated heterocycles. The molecular weight excluding hydrogens is 583 g/mol. The molecule has 196 valence electrons. The first-order chi connectivity index (χ1) is 17.9. The zero-order chi connectivity index (χ0) is 26.2. The second-order valence-corrected chi connectivity index (χ2v) is 11.2. The third-order valence-electron chi connectivity index (χ3n) is 8.05. The highest BCUT2D eigenvalue weighted by Gasteiger charge is 2.54. The Kier molecular flexibility index (Phi) is 7.60. The first-order valence-electron chi connectivity index (χ1n) is 12.8. The van der Waals surface area contributed by atoms with Gasteiger partial charge >= 0.3 is 5.97 Å². The van der Waals surface area contributed by atoms with E-state index in [0.717, 1.165) is 45.6 Å². The Morgan fingerprint density at radius 3 is 2.73 bits per heavy atom. The van der Waals surface area contributed by atoms with Crippen molar-refractivity contribution < 1.29 is 24.1 Å². The van der Waals surface area contributed by atoms with E-state index < -0.39 is 5.60 Å². The fourth-order valence-electron chi connectivity index (χ4n) is 6.13. The number of fused-ring (bicyclic) bond motifs is 5. The quantitative estimate of drug-likeness (QED) is 0.205. The summed E-state index contributed by atoms with van der Waals surface area (Å²) in [4.78, 5) is 20.3. The molecule has 0 aliphatic carbocycles. The monoisotopic (exact) mass is 616 g/mol. The highest BCUT2D eigenvalue weighted by molar-refractivity contribution is 14.1. The Labute approximate surface area is 231 Å². The van der Waals surface area contributed by atoms with Crippen molar-refractivity contribution in [3.8, 4) is 5.75 Å². The number of benzene rings is 2. The molecule has 5 rings (SSSR count). The van der Waals surface area contributed by atoms with Crippen molar-refractivity contribution in [2.75, 3.05) is 27.3 Å². The van der Waals surface area contributed by atoms with Crippen LogP contribution >= 0.6 is 22.6 Å². The molecule has 4 atom stereocenters. The van der Waals surface area contributed by atoms with Gasteiger partial charge in [-0.05, 0) is 77.1 Å². The Balaban J connectivity index is 1.44. The molecular formula is C29H33IN2O5. The molecule has 0 radical (unpaired) electrons. The molecule has 3 heterocycles. The molecule has 2 aromatic carbocycles. The number of aliphatic imine (C=N–C) groups is 1. The van der Waals surface area contributed by atoms with Gasteiger partial charge in [-0.3, -0.25) is 9.89 Å². The summed E-state index contributed by atoms with van der Waals surface area (Å²) in [5.74, 6) is 0.466. The molecule has 2 aromatic rings. The summed E-state index contributed by atoms with van der Waals surface area (Å²) in [7, 11) is 3.03. The van der Waals surface area contributed by atoms with Crippen LogP contribution in [0.1, 0.15) is 37.3 Å². The lowest BCUT2D eigenvalue weighted by Crippen LogP contribution is -2.60. The zero-order valence-electron chi connectivity index (χ0n) is 21.4. The number of halogens is 1. The Bertz CT molecular complexity index is 1230. The zero-order valence-corrected chi connectivity index (χ0v) is 23.6. The van der Waals surface area contributed by atoms with Gasteiger partial charge in [-0.1, -0.05) is 31.5 Å². The van der Waals surface area contributed by atoms with Gasteiger partial charge in [-0.15, -0.1) is 0 Å². The number of piperidine rings is 2. The molecule has 2 fully saturated rings. The maximum Gasteiger partial charge on any atom is 0.337 e. The van der Waals surface area contributed by atoms with E-state index in [9.17, 15) is 9.90 Å². The summed E-state index contributed by atoms with van der Waals surface area (Å²) in [5.41, 5.74) is 2.68. The van der Waals surface area contributed by atoms with E-state index in [4.69, 9.17) is 19.2 Å². The van der Waals surface area contributed by atoms with Gasteiger partial charge in [0.05, 0.1) is 49.1 Å². The van der Waals surface area contributed by atoms with Gasteiger partial charge in [0, 0.05) is 16.7 Å². The molecule has 7 nitrogen and oxygen atoms in total. The van der Waals surface area contributed by atoms with E-state index in [1.165, 1.54) is 7.11 Å². The highest BCUT2D eigenvalue weighted by atomic mass is 127. The molecule has 3 aliphatic heterocycles. The van der Waals surface area contributed by atoms with Gasteiger partial charge in [0.1, 0.15) is 18.0 Å². The average Bonchev–Trinajstić information content (AvgIpc) is 3.24. The molecule has 0 aromatic heterocycles. The smallest absolute Gasteiger partial charge is 0.337 e. The topological polar surface area (TPSA) is 80.6 Å². The molecule has 1 N–H and O–H groups in total. The maximum absolute atomic E-state index is 13.0. The van der Waals surface area contributed by atoms with Crippen LogP contribution in [0.3, 0.4) is 0 Å². The van der Waals surface area contributed by atoms with Gasteiger partial charge in [0.15, 0.2) is 0 Å². The fraction of sp³-hybridized carbons (Fsp3) is 0.448. The number of aliphatic hydroxyl groups is 1. The van der Waals surface area contributed by atoms with E-state index in [-0.39, 0.29) is 23.8 Å². The van der Waals surface area contributed by atoms with Crippen LogP contribution in [0.15, 0.2) is 59.3 Å². The van der Waals surface area contributed by atoms with E-state index in [1.807, 2.05) is 42.5 Å². The number of rotatable bonds is 7. The fourth-order valence-corrected chi connectivity index (χ4v) is 6.49. The molecule has 0 bridgehead atoms. The molecule has 0 spiro atoms. The summed E-state index contributed by atoms with van der Waals surface area (Å²) in [6, 6.07) is 13.7. The number of carbonyl (C=O) groups is 1. The predicted octanol–water partition coefficient (Wildman–Crippen LogP) is 4.97. The predicted molar refractivity (Wildman–Crippen MR) is 150 cm³/mol. The Morgan fingerprint density at radius 1 is 1.24 bits per heavy atom. The standard InChI is InChI=1S/C29H33IN2O5/c1-4-19-15-32-13-12-29(34)26-23(6-5-7-25(26)35-2)31-27(29)24(32)14-21(19)22(28(33)36-3)17-37-16-18-8-10-20(30)11-9-18/h5-11,17,19,21,24,34H,4,12-16H2,1-3H3/b22-17+/t19-,21+,24+,29+/m1/s1. The Morgan fingerprint density at radius 2 is 2.03 bits per heavy atom. The van der Waals surface area contributed by atoms with Crippen LogP contribution in [0.2, 0.25) is 0 Å². The van der Waals surface area contributed by atoms with Crippen molar-refractivity contribution in [3.63, 3.8) is 0 Å². The minimum atomic E-state index is -1.16. The first-order valence-corrected chi connectivity index (χ1v) is 13.8. The van der Waals surface area contributed by atoms with E-state index in [2.05, 4.69) is 34.4 Å². The number of carbonyl (C=O) groups excluding carboxylic acids is 1. The Hall–Kier alpha value is -2.43. The number of hydrogen-bond donors (Lipinski definition) is 1. The van der Waals surface area contributed by atoms with Crippen molar-refractivity contribution in [1.29, 1.82) is 0 Å². The van der Waals surface area contributed by atoms with Crippen LogP contribution in [0.25, 0.3) is 0 Å². The molecule has 37 heavy (non-hydrogen) atoms. The summed E-state index contributed by atoms with van der Waals surface area (Å²) < 4.78 is 17.9. The van der Waals surface area contributed by atoms with Crippen LogP contribution in [0.4, 0.5) is 5.69 Å². The number of nitrogens with zero attached hydrogens (tertiary/aromatic N) is 2. The SMILES string of the molecule is CC[C@@H]1CN2CC[C@@]3(O)C(=Nc4cccc(OC)c43)[C@@H]2C[C@@H]1/C(=C\OCc1ccc(I)cc1)C(=O)OC. The first kappa shape index (κ1) is 26.2. The van der Waals surface area contributed by atoms with Crippen LogP contribution in [0.5, 0.6) is 5.75 Å². The summed E-state index contributed by atoms with van der Waals surface area (Å²) in [6.07, 6.45) is 3.74. The number of esters is 1. The summed E-state index contributed by atoms with van der Waals surface area (Å²) in [6.45, 7) is 4.10. The molecule has 3 aliphatic rings. The van der Waals surface area contributed by atoms with Crippen molar-refractivity contribution in [3.05, 3.63) is 69.0 Å². The van der Waals surface area contributed by atoms with Crippen molar-refractivity contribution >= 4 is 40.0 Å². The third kappa shape index (κ3) is 4.79. The van der Waals surface area contributed by atoms with E-state index in [0.29, 0.717) is 30.8 Å².